The summed E-state index contributed by atoms with van der Waals surface area (Å²) in [6, 6.07) is 10.8. The fourth-order valence-corrected chi connectivity index (χ4v) is 2.61. The van der Waals surface area contributed by atoms with E-state index < -0.39 is 0 Å². The molecule has 0 saturated carbocycles. The van der Waals surface area contributed by atoms with Gasteiger partial charge in [-0.1, -0.05) is 30.3 Å². The highest BCUT2D eigenvalue weighted by atomic mass is 16.2. The van der Waals surface area contributed by atoms with Crippen molar-refractivity contribution in [3.63, 3.8) is 0 Å². The second-order valence-electron chi connectivity index (χ2n) is 5.72. The smallest absolute Gasteiger partial charge is 0.254 e. The summed E-state index contributed by atoms with van der Waals surface area (Å²) in [4.78, 5) is 41.6. The fourth-order valence-electron chi connectivity index (χ4n) is 2.61. The minimum atomic E-state index is -0.277. The predicted molar refractivity (Wildman–Crippen MR) is 88.1 cm³/mol. The highest BCUT2D eigenvalue weighted by Gasteiger charge is 2.35. The molecule has 0 unspecified atom stereocenters. The Morgan fingerprint density at radius 3 is 2.58 bits per heavy atom. The van der Waals surface area contributed by atoms with Gasteiger partial charge in [0.05, 0.1) is 17.9 Å². The molecule has 2 aromatic rings. The number of hydrogen-bond donors (Lipinski definition) is 1. The Balaban J connectivity index is 1.65. The lowest BCUT2D eigenvalue weighted by Crippen LogP contribution is -2.56. The van der Waals surface area contributed by atoms with Crippen LogP contribution in [0, 0.1) is 5.92 Å². The van der Waals surface area contributed by atoms with Gasteiger partial charge in [0, 0.05) is 31.8 Å². The summed E-state index contributed by atoms with van der Waals surface area (Å²) < 4.78 is 1.28. The van der Waals surface area contributed by atoms with Gasteiger partial charge in [-0.2, -0.15) is 0 Å². The van der Waals surface area contributed by atoms with E-state index in [0.717, 1.165) is 5.56 Å². The maximum atomic E-state index is 12.2. The molecular formula is C17H18N4O3. The van der Waals surface area contributed by atoms with E-state index in [2.05, 4.69) is 10.3 Å². The molecule has 1 fully saturated rings. The molecule has 7 heteroatoms. The molecule has 1 aliphatic rings. The molecule has 3 rings (SSSR count). The van der Waals surface area contributed by atoms with Gasteiger partial charge < -0.3 is 10.2 Å². The van der Waals surface area contributed by atoms with E-state index in [9.17, 15) is 14.4 Å². The summed E-state index contributed by atoms with van der Waals surface area (Å²) in [5.41, 5.74) is 1.15. The van der Waals surface area contributed by atoms with Crippen LogP contribution in [0.15, 0.2) is 47.5 Å². The standard InChI is InChI=1S/C17H18N4O3/c1-18-17(24)13-8-20(9-13)16(23)10-21-11-19-14(7-15(21)22)12-5-3-2-4-6-12/h2-7,11,13H,8-10H2,1H3,(H,18,24). The maximum Gasteiger partial charge on any atom is 0.254 e. The SMILES string of the molecule is CNC(=O)C1CN(C(=O)Cn2cnc(-c3ccccc3)cc2=O)C1. The number of aromatic nitrogens is 2. The lowest BCUT2D eigenvalue weighted by molar-refractivity contribution is -0.143. The number of hydrogen-bond acceptors (Lipinski definition) is 4. The molecule has 0 radical (unpaired) electrons. The third-order valence-electron chi connectivity index (χ3n) is 4.11. The minimum Gasteiger partial charge on any atom is -0.359 e. The van der Waals surface area contributed by atoms with Crippen LogP contribution in [0.4, 0.5) is 0 Å². The Bertz CT molecular complexity index is 810. The van der Waals surface area contributed by atoms with Crippen molar-refractivity contribution in [1.82, 2.24) is 19.8 Å². The monoisotopic (exact) mass is 326 g/mol. The predicted octanol–water partition coefficient (Wildman–Crippen LogP) is 0.115. The van der Waals surface area contributed by atoms with Gasteiger partial charge in [0.25, 0.3) is 5.56 Å². The van der Waals surface area contributed by atoms with Crippen molar-refractivity contribution in [2.75, 3.05) is 20.1 Å². The molecule has 0 spiro atoms. The molecular weight excluding hydrogens is 308 g/mol. The molecule has 24 heavy (non-hydrogen) atoms. The van der Waals surface area contributed by atoms with Crippen LogP contribution in [0.5, 0.6) is 0 Å². The third-order valence-corrected chi connectivity index (χ3v) is 4.11. The number of carbonyl (C=O) groups excluding carboxylic acids is 2. The fraction of sp³-hybridized carbons (Fsp3) is 0.294. The lowest BCUT2D eigenvalue weighted by atomic mass is 9.99. The number of rotatable bonds is 4. The molecule has 7 nitrogen and oxygen atoms in total. The topological polar surface area (TPSA) is 84.3 Å². The Labute approximate surface area is 138 Å². The van der Waals surface area contributed by atoms with Gasteiger partial charge in [-0.3, -0.25) is 19.0 Å². The molecule has 1 aliphatic heterocycles. The summed E-state index contributed by atoms with van der Waals surface area (Å²) in [7, 11) is 1.58. The van der Waals surface area contributed by atoms with E-state index in [1.54, 1.807) is 11.9 Å². The number of benzene rings is 1. The molecule has 1 N–H and O–H groups in total. The van der Waals surface area contributed by atoms with Gasteiger partial charge in [-0.05, 0) is 0 Å². The molecule has 2 heterocycles. The van der Waals surface area contributed by atoms with Crippen LogP contribution in [0.1, 0.15) is 0 Å². The normalized spacial score (nSPS) is 14.1. The molecule has 124 valence electrons. The van der Waals surface area contributed by atoms with Crippen LogP contribution in [0.25, 0.3) is 11.3 Å². The zero-order chi connectivity index (χ0) is 17.1. The van der Waals surface area contributed by atoms with Crippen LogP contribution >= 0.6 is 0 Å². The van der Waals surface area contributed by atoms with Crippen molar-refractivity contribution in [1.29, 1.82) is 0 Å². The Hall–Kier alpha value is -2.96. The van der Waals surface area contributed by atoms with E-state index in [0.29, 0.717) is 18.8 Å². The molecule has 0 atom stereocenters. The van der Waals surface area contributed by atoms with Gasteiger partial charge in [-0.25, -0.2) is 4.98 Å². The van der Waals surface area contributed by atoms with Crippen LogP contribution in [-0.2, 0) is 16.1 Å². The van der Waals surface area contributed by atoms with Crippen molar-refractivity contribution in [3.05, 3.63) is 53.1 Å². The molecule has 1 saturated heterocycles. The number of amides is 2. The average Bonchev–Trinajstić information content (AvgIpc) is 2.56. The minimum absolute atomic E-state index is 0.0647. The zero-order valence-electron chi connectivity index (χ0n) is 13.3. The van der Waals surface area contributed by atoms with Crippen molar-refractivity contribution >= 4 is 11.8 Å². The van der Waals surface area contributed by atoms with Crippen LogP contribution in [-0.4, -0.2) is 46.4 Å². The highest BCUT2D eigenvalue weighted by Crippen LogP contribution is 2.16. The molecule has 2 amide bonds. The van der Waals surface area contributed by atoms with Crippen molar-refractivity contribution < 1.29 is 9.59 Å². The average molecular weight is 326 g/mol. The first kappa shape index (κ1) is 15.9. The van der Waals surface area contributed by atoms with Gasteiger partial charge in [0.2, 0.25) is 11.8 Å². The lowest BCUT2D eigenvalue weighted by Gasteiger charge is -2.38. The maximum absolute atomic E-state index is 12.2. The second kappa shape index (κ2) is 6.66. The summed E-state index contributed by atoms with van der Waals surface area (Å²) in [5.74, 6) is -0.411. The molecule has 1 aromatic carbocycles. The number of likely N-dealkylation sites (tertiary alicyclic amines) is 1. The summed E-state index contributed by atoms with van der Waals surface area (Å²) >= 11 is 0. The first-order chi connectivity index (χ1) is 11.6. The second-order valence-corrected chi connectivity index (χ2v) is 5.72. The quantitative estimate of drug-likeness (QED) is 0.864. The summed E-state index contributed by atoms with van der Waals surface area (Å²) in [5, 5.41) is 2.56. The Morgan fingerprint density at radius 1 is 1.25 bits per heavy atom. The molecule has 1 aromatic heterocycles. The first-order valence-electron chi connectivity index (χ1n) is 7.70. The first-order valence-corrected chi connectivity index (χ1v) is 7.70. The van der Waals surface area contributed by atoms with Gasteiger partial charge in [0.15, 0.2) is 0 Å². The van der Waals surface area contributed by atoms with E-state index in [4.69, 9.17) is 0 Å². The van der Waals surface area contributed by atoms with E-state index in [-0.39, 0.29) is 29.8 Å². The zero-order valence-corrected chi connectivity index (χ0v) is 13.3. The Morgan fingerprint density at radius 2 is 1.96 bits per heavy atom. The van der Waals surface area contributed by atoms with E-state index in [1.165, 1.54) is 17.0 Å². The largest absolute Gasteiger partial charge is 0.359 e. The van der Waals surface area contributed by atoms with Gasteiger partial charge in [-0.15, -0.1) is 0 Å². The van der Waals surface area contributed by atoms with E-state index >= 15 is 0 Å². The molecule has 0 bridgehead atoms. The van der Waals surface area contributed by atoms with Crippen molar-refractivity contribution in [2.45, 2.75) is 6.54 Å². The van der Waals surface area contributed by atoms with E-state index in [1.807, 2.05) is 30.3 Å². The van der Waals surface area contributed by atoms with Gasteiger partial charge >= 0.3 is 0 Å². The number of nitrogens with one attached hydrogen (secondary N) is 1. The van der Waals surface area contributed by atoms with Crippen LogP contribution in [0.2, 0.25) is 0 Å². The Kier molecular flexibility index (Phi) is 4.41. The molecule has 0 aliphatic carbocycles. The highest BCUT2D eigenvalue weighted by molar-refractivity contribution is 5.84. The summed E-state index contributed by atoms with van der Waals surface area (Å²) in [6.07, 6.45) is 1.39. The van der Waals surface area contributed by atoms with Crippen molar-refractivity contribution in [3.8, 4) is 11.3 Å². The summed E-state index contributed by atoms with van der Waals surface area (Å²) in [6.45, 7) is 0.715. The number of carbonyl (C=O) groups is 2. The van der Waals surface area contributed by atoms with Gasteiger partial charge in [0.1, 0.15) is 6.54 Å². The van der Waals surface area contributed by atoms with Crippen LogP contribution in [0.3, 0.4) is 0 Å². The van der Waals surface area contributed by atoms with Crippen molar-refractivity contribution in [2.24, 2.45) is 5.92 Å². The number of nitrogens with zero attached hydrogens (tertiary/aromatic N) is 3. The third kappa shape index (κ3) is 3.19. The van der Waals surface area contributed by atoms with Crippen LogP contribution < -0.4 is 10.9 Å².